The molecule has 6 heteroatoms. The Bertz CT molecular complexity index is 641. The number of hydrogen-bond acceptors (Lipinski definition) is 3. The van der Waals surface area contributed by atoms with Crippen LogP contribution in [0.25, 0.3) is 0 Å². The van der Waals surface area contributed by atoms with Crippen LogP contribution in [0, 0.1) is 12.8 Å². The van der Waals surface area contributed by atoms with Gasteiger partial charge in [0.25, 0.3) is 0 Å². The van der Waals surface area contributed by atoms with Gasteiger partial charge in [-0.3, -0.25) is 9.10 Å². The van der Waals surface area contributed by atoms with Gasteiger partial charge in [0, 0.05) is 6.54 Å². The third-order valence-corrected chi connectivity index (χ3v) is 5.73. The van der Waals surface area contributed by atoms with Crippen molar-refractivity contribution in [3.63, 3.8) is 0 Å². The number of benzene rings is 1. The molecule has 1 aromatic carbocycles. The molecular formula is C19H32N2O3S. The number of nitrogens with zero attached hydrogens (tertiary/aromatic N) is 1. The second-order valence-corrected chi connectivity index (χ2v) is 8.59. The molecule has 1 N–H and O–H groups in total. The van der Waals surface area contributed by atoms with Gasteiger partial charge in [-0.2, -0.15) is 0 Å². The average Bonchev–Trinajstić information content (AvgIpc) is 2.55. The predicted molar refractivity (Wildman–Crippen MR) is 104 cm³/mol. The van der Waals surface area contributed by atoms with Crippen molar-refractivity contribution in [3.8, 4) is 0 Å². The second kappa shape index (κ2) is 9.80. The van der Waals surface area contributed by atoms with E-state index in [-0.39, 0.29) is 5.91 Å². The number of carbonyl (C=O) groups is 1. The first kappa shape index (κ1) is 21.5. The van der Waals surface area contributed by atoms with Crippen molar-refractivity contribution >= 4 is 21.6 Å². The van der Waals surface area contributed by atoms with Gasteiger partial charge in [0.05, 0.1) is 11.9 Å². The van der Waals surface area contributed by atoms with Crippen molar-refractivity contribution in [3.05, 3.63) is 29.8 Å². The minimum absolute atomic E-state index is 0.263. The number of nitrogens with one attached hydrogen (secondary N) is 1. The molecule has 2 atom stereocenters. The highest BCUT2D eigenvalue weighted by molar-refractivity contribution is 7.92. The van der Waals surface area contributed by atoms with Gasteiger partial charge < -0.3 is 5.32 Å². The summed E-state index contributed by atoms with van der Waals surface area (Å²) in [5, 5.41) is 2.93. The van der Waals surface area contributed by atoms with Crippen molar-refractivity contribution in [1.82, 2.24) is 5.32 Å². The molecule has 1 aromatic rings. The van der Waals surface area contributed by atoms with Crippen molar-refractivity contribution in [2.45, 2.75) is 59.4 Å². The maximum atomic E-state index is 12.5. The van der Waals surface area contributed by atoms with Gasteiger partial charge in [-0.1, -0.05) is 50.8 Å². The van der Waals surface area contributed by atoms with Crippen LogP contribution in [0.2, 0.25) is 0 Å². The van der Waals surface area contributed by atoms with Crippen molar-refractivity contribution in [1.29, 1.82) is 0 Å². The summed E-state index contributed by atoms with van der Waals surface area (Å²) in [5.41, 5.74) is 1.55. The Hall–Kier alpha value is -1.56. The van der Waals surface area contributed by atoms with Gasteiger partial charge in [-0.25, -0.2) is 8.42 Å². The van der Waals surface area contributed by atoms with E-state index < -0.39 is 16.1 Å². The van der Waals surface area contributed by atoms with Gasteiger partial charge >= 0.3 is 0 Å². The molecule has 0 aromatic heterocycles. The Balaban J connectivity index is 2.85. The van der Waals surface area contributed by atoms with Gasteiger partial charge in [-0.15, -0.1) is 0 Å². The van der Waals surface area contributed by atoms with Gasteiger partial charge in [-0.05, 0) is 38.3 Å². The number of sulfonamides is 1. The molecule has 0 spiro atoms. The number of unbranched alkanes of at least 4 members (excludes halogenated alkanes) is 1. The Morgan fingerprint density at radius 3 is 2.28 bits per heavy atom. The molecule has 0 saturated carbocycles. The highest BCUT2D eigenvalue weighted by Gasteiger charge is 2.29. The van der Waals surface area contributed by atoms with E-state index in [0.717, 1.165) is 37.5 Å². The third kappa shape index (κ3) is 6.69. The van der Waals surface area contributed by atoms with Crippen molar-refractivity contribution < 1.29 is 13.2 Å². The fourth-order valence-corrected chi connectivity index (χ4v) is 4.01. The fraction of sp³-hybridized carbons (Fsp3) is 0.632. The number of rotatable bonds is 10. The molecule has 1 amide bonds. The molecule has 0 saturated heterocycles. The molecule has 0 fully saturated rings. The lowest BCUT2D eigenvalue weighted by atomic mass is 9.99. The van der Waals surface area contributed by atoms with Crippen LogP contribution in [0.3, 0.4) is 0 Å². The molecule has 0 aliphatic heterocycles. The van der Waals surface area contributed by atoms with E-state index in [4.69, 9.17) is 0 Å². The summed E-state index contributed by atoms with van der Waals surface area (Å²) in [6.07, 6.45) is 5.49. The maximum Gasteiger partial charge on any atom is 0.243 e. The summed E-state index contributed by atoms with van der Waals surface area (Å²) in [4.78, 5) is 12.5. The normalized spacial score (nSPS) is 14.0. The summed E-state index contributed by atoms with van der Waals surface area (Å²) < 4.78 is 25.7. The first-order valence-electron chi connectivity index (χ1n) is 9.04. The number of anilines is 1. The Labute approximate surface area is 152 Å². The monoisotopic (exact) mass is 368 g/mol. The summed E-state index contributed by atoms with van der Waals surface area (Å²) in [6.45, 7) is 8.42. The first-order valence-corrected chi connectivity index (χ1v) is 10.9. The zero-order valence-electron chi connectivity index (χ0n) is 16.1. The van der Waals surface area contributed by atoms with E-state index in [9.17, 15) is 13.2 Å². The molecule has 0 aliphatic rings. The molecule has 0 aliphatic carbocycles. The molecule has 0 unspecified atom stereocenters. The lowest BCUT2D eigenvalue weighted by Gasteiger charge is -2.29. The molecule has 142 valence electrons. The second-order valence-electron chi connectivity index (χ2n) is 6.73. The molecule has 0 radical (unpaired) electrons. The van der Waals surface area contributed by atoms with E-state index in [1.54, 1.807) is 19.1 Å². The quantitative estimate of drug-likeness (QED) is 0.687. The zero-order chi connectivity index (χ0) is 19.0. The largest absolute Gasteiger partial charge is 0.354 e. The number of hydrogen-bond donors (Lipinski definition) is 1. The lowest BCUT2D eigenvalue weighted by molar-refractivity contribution is -0.122. The Kier molecular flexibility index (Phi) is 8.42. The summed E-state index contributed by atoms with van der Waals surface area (Å²) in [5.74, 6) is 0.170. The van der Waals surface area contributed by atoms with Crippen LogP contribution in [0.4, 0.5) is 5.69 Å². The van der Waals surface area contributed by atoms with Crippen molar-refractivity contribution in [2.24, 2.45) is 5.92 Å². The summed E-state index contributed by atoms with van der Waals surface area (Å²) in [6, 6.07) is 6.36. The van der Waals surface area contributed by atoms with E-state index >= 15 is 0 Å². The topological polar surface area (TPSA) is 66.5 Å². The number of amides is 1. The van der Waals surface area contributed by atoms with Crippen LogP contribution >= 0.6 is 0 Å². The van der Waals surface area contributed by atoms with Gasteiger partial charge in [0.2, 0.25) is 15.9 Å². The van der Waals surface area contributed by atoms with Crippen LogP contribution in [-0.4, -0.2) is 33.2 Å². The van der Waals surface area contributed by atoms with E-state index in [1.807, 2.05) is 19.1 Å². The molecule has 0 bridgehead atoms. The molecule has 0 heterocycles. The smallest absolute Gasteiger partial charge is 0.243 e. The lowest BCUT2D eigenvalue weighted by Crippen LogP contribution is -2.48. The van der Waals surface area contributed by atoms with Crippen LogP contribution in [-0.2, 0) is 14.8 Å². The summed E-state index contributed by atoms with van der Waals surface area (Å²) >= 11 is 0. The van der Waals surface area contributed by atoms with E-state index in [2.05, 4.69) is 19.2 Å². The highest BCUT2D eigenvalue weighted by atomic mass is 32.2. The SMILES string of the molecule is CCCC[C@@H](CC)CNC(=O)[C@@H](C)N(c1ccc(C)cc1)S(C)(=O)=O. The van der Waals surface area contributed by atoms with Crippen LogP contribution < -0.4 is 9.62 Å². The fourth-order valence-electron chi connectivity index (χ4n) is 2.84. The molecule has 25 heavy (non-hydrogen) atoms. The summed E-state index contributed by atoms with van der Waals surface area (Å²) in [7, 11) is -3.56. The third-order valence-electron chi connectivity index (χ3n) is 4.49. The zero-order valence-corrected chi connectivity index (χ0v) is 16.9. The van der Waals surface area contributed by atoms with E-state index in [1.165, 1.54) is 4.31 Å². The van der Waals surface area contributed by atoms with Gasteiger partial charge in [0.15, 0.2) is 0 Å². The van der Waals surface area contributed by atoms with Crippen LogP contribution in [0.1, 0.15) is 52.0 Å². The first-order chi connectivity index (χ1) is 11.7. The van der Waals surface area contributed by atoms with Crippen LogP contribution in [0.15, 0.2) is 24.3 Å². The average molecular weight is 369 g/mol. The highest BCUT2D eigenvalue weighted by Crippen LogP contribution is 2.21. The van der Waals surface area contributed by atoms with Crippen molar-refractivity contribution in [2.75, 3.05) is 17.1 Å². The maximum absolute atomic E-state index is 12.5. The van der Waals surface area contributed by atoms with Crippen LogP contribution in [0.5, 0.6) is 0 Å². The molecular weight excluding hydrogens is 336 g/mol. The Morgan fingerprint density at radius 1 is 1.20 bits per heavy atom. The Morgan fingerprint density at radius 2 is 1.80 bits per heavy atom. The van der Waals surface area contributed by atoms with Gasteiger partial charge in [0.1, 0.15) is 6.04 Å². The minimum atomic E-state index is -3.56. The predicted octanol–water partition coefficient (Wildman–Crippen LogP) is 3.48. The number of aryl methyl sites for hydroxylation is 1. The number of carbonyl (C=O) groups excluding carboxylic acids is 1. The van der Waals surface area contributed by atoms with E-state index in [0.29, 0.717) is 18.2 Å². The minimum Gasteiger partial charge on any atom is -0.354 e. The molecule has 5 nitrogen and oxygen atoms in total. The molecule has 1 rings (SSSR count). The standard InChI is InChI=1S/C19H32N2O3S/c1-6-8-9-17(7-2)14-20-19(22)16(4)21(25(5,23)24)18-12-10-15(3)11-13-18/h10-13,16-17H,6-9,14H2,1-5H3,(H,20,22)/t16-,17-/m1/s1.